The van der Waals surface area contributed by atoms with Crippen LogP contribution < -0.4 is 9.47 Å². The van der Waals surface area contributed by atoms with Crippen LogP contribution in [0.5, 0.6) is 11.5 Å². The summed E-state index contributed by atoms with van der Waals surface area (Å²) >= 11 is 0. The molecule has 0 saturated heterocycles. The molecule has 0 aliphatic rings. The summed E-state index contributed by atoms with van der Waals surface area (Å²) in [5.74, 6) is 1.03. The molecule has 0 aliphatic heterocycles. The molecule has 5 heteroatoms. The van der Waals surface area contributed by atoms with Gasteiger partial charge in [0.2, 0.25) is 0 Å². The lowest BCUT2D eigenvalue weighted by Crippen LogP contribution is -2.04. The normalized spacial score (nSPS) is 10.6. The Bertz CT molecular complexity index is 639. The Morgan fingerprint density at radius 2 is 2.05 bits per heavy atom. The highest BCUT2D eigenvalue weighted by Gasteiger charge is 2.09. The molecule has 0 fully saturated rings. The number of ether oxygens (including phenoxy) is 2. The lowest BCUT2D eigenvalue weighted by molar-refractivity contribution is 0.100. The number of methoxy groups -OCH3 is 2. The summed E-state index contributed by atoms with van der Waals surface area (Å²) in [7, 11) is 3.09. The zero-order valence-electron chi connectivity index (χ0n) is 11.9. The molecule has 1 aromatic heterocycles. The molecule has 2 aromatic rings. The van der Waals surface area contributed by atoms with Gasteiger partial charge in [0.1, 0.15) is 6.54 Å². The molecule has 1 aromatic carbocycles. The van der Waals surface area contributed by atoms with Crippen molar-refractivity contribution in [2.75, 3.05) is 20.8 Å². The number of rotatable bonds is 6. The average Bonchev–Trinajstić information content (AvgIpc) is 2.55. The summed E-state index contributed by atoms with van der Waals surface area (Å²) in [4.78, 5) is 20.2. The minimum Gasteiger partial charge on any atom is -0.493 e. The van der Waals surface area contributed by atoms with Gasteiger partial charge in [-0.2, -0.15) is 0 Å². The first kappa shape index (κ1) is 14.7. The molecule has 1 heterocycles. The van der Waals surface area contributed by atoms with Crippen LogP contribution in [0.4, 0.5) is 0 Å². The molecular weight excluding hydrogens is 268 g/mol. The molecule has 0 amide bonds. The topological polar surface area (TPSA) is 60.8 Å². The van der Waals surface area contributed by atoms with Gasteiger partial charge in [-0.1, -0.05) is 6.07 Å². The third-order valence-corrected chi connectivity index (χ3v) is 2.87. The molecule has 2 rings (SSSR count). The van der Waals surface area contributed by atoms with E-state index in [0.29, 0.717) is 17.1 Å². The van der Waals surface area contributed by atoms with Gasteiger partial charge in [0.15, 0.2) is 17.3 Å². The largest absolute Gasteiger partial charge is 0.493 e. The van der Waals surface area contributed by atoms with Crippen LogP contribution in [0, 0.1) is 0 Å². The fraction of sp³-hybridized carbons (Fsp3) is 0.188. The second-order valence-corrected chi connectivity index (χ2v) is 4.25. The number of carbonyl (C=O) groups is 1. The summed E-state index contributed by atoms with van der Waals surface area (Å²) < 4.78 is 10.3. The zero-order valence-corrected chi connectivity index (χ0v) is 11.9. The van der Waals surface area contributed by atoms with Gasteiger partial charge in [-0.25, -0.2) is 0 Å². The molecule has 0 aliphatic carbocycles. The Kier molecular flexibility index (Phi) is 5.04. The molecule has 21 heavy (non-hydrogen) atoms. The number of carbonyl (C=O) groups excluding carboxylic acids is 1. The molecule has 0 bridgehead atoms. The van der Waals surface area contributed by atoms with Crippen molar-refractivity contribution in [2.45, 2.75) is 0 Å². The van der Waals surface area contributed by atoms with E-state index >= 15 is 0 Å². The minimum absolute atomic E-state index is 0.0738. The highest BCUT2D eigenvalue weighted by molar-refractivity contribution is 5.99. The molecule has 108 valence electrons. The third-order valence-electron chi connectivity index (χ3n) is 2.87. The van der Waals surface area contributed by atoms with Crippen LogP contribution in [-0.4, -0.2) is 37.7 Å². The Morgan fingerprint density at radius 3 is 2.71 bits per heavy atom. The van der Waals surface area contributed by atoms with Crippen molar-refractivity contribution in [1.82, 2.24) is 4.98 Å². The van der Waals surface area contributed by atoms with Crippen LogP contribution in [0.2, 0.25) is 0 Å². The van der Waals surface area contributed by atoms with E-state index in [1.54, 1.807) is 43.9 Å². The number of Topliss-reactive ketones (excluding diaryl/α,β-unsaturated/α-hetero) is 1. The van der Waals surface area contributed by atoms with Crippen LogP contribution in [0.1, 0.15) is 15.9 Å². The SMILES string of the molecule is COc1ccc(C(=O)CN=Cc2cccnc2)cc1OC. The van der Waals surface area contributed by atoms with Crippen LogP contribution in [0.25, 0.3) is 0 Å². The summed E-state index contributed by atoms with van der Waals surface area (Å²) in [5.41, 5.74) is 1.40. The molecule has 0 saturated carbocycles. The van der Waals surface area contributed by atoms with Crippen LogP contribution in [0.3, 0.4) is 0 Å². The van der Waals surface area contributed by atoms with Gasteiger partial charge in [0.05, 0.1) is 14.2 Å². The molecule has 0 N–H and O–H groups in total. The fourth-order valence-electron chi connectivity index (χ4n) is 1.79. The van der Waals surface area contributed by atoms with E-state index in [-0.39, 0.29) is 12.3 Å². The maximum absolute atomic E-state index is 12.1. The van der Waals surface area contributed by atoms with E-state index in [1.165, 1.54) is 7.11 Å². The Morgan fingerprint density at radius 1 is 1.24 bits per heavy atom. The van der Waals surface area contributed by atoms with E-state index in [1.807, 2.05) is 12.1 Å². The predicted molar refractivity (Wildman–Crippen MR) is 80.6 cm³/mol. The van der Waals surface area contributed by atoms with E-state index in [2.05, 4.69) is 9.98 Å². The van der Waals surface area contributed by atoms with Gasteiger partial charge in [-0.05, 0) is 24.3 Å². The van der Waals surface area contributed by atoms with Gasteiger partial charge in [-0.3, -0.25) is 14.8 Å². The number of hydrogen-bond donors (Lipinski definition) is 0. The molecule has 0 unspecified atom stereocenters. The quantitative estimate of drug-likeness (QED) is 0.603. The lowest BCUT2D eigenvalue weighted by Gasteiger charge is -2.08. The van der Waals surface area contributed by atoms with Gasteiger partial charge in [0, 0.05) is 29.7 Å². The maximum atomic E-state index is 12.1. The summed E-state index contributed by atoms with van der Waals surface area (Å²) in [6, 6.07) is 8.75. The highest BCUT2D eigenvalue weighted by Crippen LogP contribution is 2.27. The number of hydrogen-bond acceptors (Lipinski definition) is 5. The second-order valence-electron chi connectivity index (χ2n) is 4.25. The predicted octanol–water partition coefficient (Wildman–Crippen LogP) is 2.40. The van der Waals surface area contributed by atoms with Gasteiger partial charge in [0.25, 0.3) is 0 Å². The van der Waals surface area contributed by atoms with Crippen molar-refractivity contribution in [3.05, 3.63) is 53.9 Å². The van der Waals surface area contributed by atoms with Crippen molar-refractivity contribution in [1.29, 1.82) is 0 Å². The van der Waals surface area contributed by atoms with Crippen LogP contribution in [0.15, 0.2) is 47.7 Å². The van der Waals surface area contributed by atoms with Crippen molar-refractivity contribution < 1.29 is 14.3 Å². The van der Waals surface area contributed by atoms with E-state index in [4.69, 9.17) is 9.47 Å². The minimum atomic E-state index is -0.0870. The second kappa shape index (κ2) is 7.19. The number of aromatic nitrogens is 1. The zero-order chi connectivity index (χ0) is 15.1. The fourth-order valence-corrected chi connectivity index (χ4v) is 1.79. The van der Waals surface area contributed by atoms with Crippen molar-refractivity contribution in [2.24, 2.45) is 4.99 Å². The Balaban J connectivity index is 2.05. The molecular formula is C16H16N2O3. The monoisotopic (exact) mass is 284 g/mol. The smallest absolute Gasteiger partial charge is 0.184 e. The summed E-state index contributed by atoms with van der Waals surface area (Å²) in [6.07, 6.45) is 5.00. The van der Waals surface area contributed by atoms with Gasteiger partial charge in [-0.15, -0.1) is 0 Å². The molecule has 0 radical (unpaired) electrons. The number of pyridine rings is 1. The summed E-state index contributed by atoms with van der Waals surface area (Å²) in [5, 5.41) is 0. The van der Waals surface area contributed by atoms with Crippen molar-refractivity contribution in [3.8, 4) is 11.5 Å². The van der Waals surface area contributed by atoms with Crippen LogP contribution >= 0.6 is 0 Å². The van der Waals surface area contributed by atoms with Gasteiger partial charge >= 0.3 is 0 Å². The first-order chi connectivity index (χ1) is 10.2. The van der Waals surface area contributed by atoms with Gasteiger partial charge < -0.3 is 9.47 Å². The standard InChI is InChI=1S/C16H16N2O3/c1-20-15-6-5-13(8-16(15)21-2)14(19)11-18-10-12-4-3-7-17-9-12/h3-10H,11H2,1-2H3. The van der Waals surface area contributed by atoms with E-state index in [0.717, 1.165) is 5.56 Å². The van der Waals surface area contributed by atoms with E-state index in [9.17, 15) is 4.79 Å². The third kappa shape index (κ3) is 3.89. The highest BCUT2D eigenvalue weighted by atomic mass is 16.5. The van der Waals surface area contributed by atoms with E-state index < -0.39 is 0 Å². The van der Waals surface area contributed by atoms with Crippen molar-refractivity contribution >= 4 is 12.0 Å². The average molecular weight is 284 g/mol. The molecule has 5 nitrogen and oxygen atoms in total. The first-order valence-corrected chi connectivity index (χ1v) is 6.39. The Labute approximate surface area is 123 Å². The Hall–Kier alpha value is -2.69. The lowest BCUT2D eigenvalue weighted by atomic mass is 10.1. The number of benzene rings is 1. The number of nitrogens with zero attached hydrogens (tertiary/aromatic N) is 2. The summed E-state index contributed by atoms with van der Waals surface area (Å²) in [6.45, 7) is 0.0738. The first-order valence-electron chi connectivity index (χ1n) is 6.39. The molecule has 0 atom stereocenters. The van der Waals surface area contributed by atoms with Crippen molar-refractivity contribution in [3.63, 3.8) is 0 Å². The maximum Gasteiger partial charge on any atom is 0.184 e. The number of aliphatic imine (C=N–C) groups is 1. The molecule has 0 spiro atoms. The number of ketones is 1. The van der Waals surface area contributed by atoms with Crippen LogP contribution in [-0.2, 0) is 0 Å².